The predicted octanol–water partition coefficient (Wildman–Crippen LogP) is 7.99. The van der Waals surface area contributed by atoms with E-state index in [-0.39, 0.29) is 147 Å². The highest BCUT2D eigenvalue weighted by molar-refractivity contribution is 7.88. The zero-order chi connectivity index (χ0) is 97.0. The molecule has 39 nitrogen and oxygen atoms in total. The van der Waals surface area contributed by atoms with Crippen molar-refractivity contribution in [2.24, 2.45) is 0 Å². The summed E-state index contributed by atoms with van der Waals surface area (Å²) in [5, 5.41) is -6.36. The Hall–Kier alpha value is -11.6. The molecule has 6 atom stereocenters. The number of alkyl halides is 8. The van der Waals surface area contributed by atoms with Crippen LogP contribution in [-0.2, 0) is 131 Å². The van der Waals surface area contributed by atoms with Gasteiger partial charge in [-0.15, -0.1) is 0 Å². The van der Waals surface area contributed by atoms with Gasteiger partial charge in [-0.25, -0.2) is 50.5 Å². The van der Waals surface area contributed by atoms with Crippen LogP contribution in [0, 0.1) is 44.6 Å². The van der Waals surface area contributed by atoms with Crippen molar-refractivity contribution >= 4 is 118 Å². The fraction of sp³-hybridized carbons (Fsp3) is 0.341. The van der Waals surface area contributed by atoms with Crippen LogP contribution in [0.3, 0.4) is 0 Å². The lowest BCUT2D eigenvalue weighted by molar-refractivity contribution is -0.136. The molecule has 138 heavy (non-hydrogen) atoms. The van der Waals surface area contributed by atoms with Gasteiger partial charge in [-0.2, -0.15) is 35.1 Å². The van der Waals surface area contributed by atoms with Gasteiger partial charge in [0.2, 0.25) is 17.6 Å². The second kappa shape index (κ2) is 51.3. The molecular formula is C85H95F8N5O34S6. The molecule has 14 rings (SSSR count). The first-order valence-electron chi connectivity index (χ1n) is 38.5. The number of rotatable bonds is 39. The van der Waals surface area contributed by atoms with E-state index < -0.39 is 135 Å². The van der Waals surface area contributed by atoms with Crippen LogP contribution in [0.25, 0.3) is 21.5 Å². The number of epoxide rings is 6. The van der Waals surface area contributed by atoms with Crippen molar-refractivity contribution in [3.63, 3.8) is 0 Å². The molecule has 0 radical (unpaired) electrons. The van der Waals surface area contributed by atoms with Gasteiger partial charge < -0.3 is 101 Å². The molecule has 6 unspecified atom stereocenters. The molecule has 6 saturated heterocycles. The highest BCUT2D eigenvalue weighted by Crippen LogP contribution is 2.39. The molecule has 0 saturated carbocycles. The van der Waals surface area contributed by atoms with Gasteiger partial charge in [0.1, 0.15) is 105 Å². The van der Waals surface area contributed by atoms with Crippen LogP contribution in [0.15, 0.2) is 170 Å². The first-order valence-corrected chi connectivity index (χ1v) is 47.2. The van der Waals surface area contributed by atoms with Crippen molar-refractivity contribution < 1.29 is 189 Å². The zero-order valence-electron chi connectivity index (χ0n) is 73.9. The molecule has 5 N–H and O–H groups in total. The van der Waals surface area contributed by atoms with E-state index in [9.17, 15) is 142 Å². The summed E-state index contributed by atoms with van der Waals surface area (Å²) in [7, 11) is -33.2. The zero-order valence-corrected chi connectivity index (χ0v) is 78.8. The number of nitrogens with one attached hydrogen (secondary N) is 5. The number of ether oxygens (including phenoxy) is 10. The van der Waals surface area contributed by atoms with Gasteiger partial charge in [0.15, 0.2) is 47.2 Å². The molecule has 53 heteroatoms. The van der Waals surface area contributed by atoms with Crippen LogP contribution in [0.1, 0.15) is 100 Å². The maximum Gasteiger partial charge on any atom is 0.410 e. The van der Waals surface area contributed by atoms with Crippen LogP contribution in [-0.4, -0.2) is 225 Å². The second-order valence-electron chi connectivity index (χ2n) is 28.6. The number of amides is 5. The molecule has 6 aliphatic heterocycles. The minimum atomic E-state index is -6.05. The van der Waals surface area contributed by atoms with E-state index in [1.165, 1.54) is 0 Å². The molecule has 6 heterocycles. The Bertz CT molecular complexity index is 6030. The molecule has 0 spiro atoms. The molecule has 6 fully saturated rings. The summed E-state index contributed by atoms with van der Waals surface area (Å²) in [5.41, 5.74) is 7.49. The Kier molecular flexibility index (Phi) is 44.8. The smallest absolute Gasteiger partial charge is 0.410 e. The van der Waals surface area contributed by atoms with Crippen LogP contribution in [0.4, 0.5) is 35.1 Å². The van der Waals surface area contributed by atoms with Crippen molar-refractivity contribution in [1.82, 2.24) is 26.6 Å². The largest absolute Gasteiger partial charge is 0.748 e. The molecule has 8 aromatic rings. The summed E-state index contributed by atoms with van der Waals surface area (Å²) in [6.45, 7) is 2.86. The number of hydrogen-bond acceptors (Lipinski definition) is 34. The van der Waals surface area contributed by atoms with Gasteiger partial charge >= 0.3 is 38.7 Å². The molecular weight excluding hydrogens is 1980 g/mol. The minimum Gasteiger partial charge on any atom is -0.748 e. The number of carbonyl (C=O) groups is 6. The predicted molar refractivity (Wildman–Crippen MR) is 471 cm³/mol. The SMILES string of the molecule is O=C(CCCCOc1ccc(C2CO2)cc1)C(F)(F)S(=O)(=O)[O-].O=C(CS(=O)(=O)[O-])NCOc1ccc(C2CO2)cc1.O=C(CS(=O)(=O)[O-])NCc1cc(C2CO2)c2ccccc2c1.O=C(NCCOc1ccc(C2CO2)cc1)C(F)(F)S(=O)(=O)[O-].O=C(NCCOc1ccc(C2CO2)cc1)C(F)(F)S(=O)(=O)[O-].O=C(NCc1ccc2cc(C3CO3)ccc2c1)C(F)(F)S(=O)(=O)[O-].[CH3+].[CH3+].[CH3+].[CH3+].[CH3+].[CH3+]. The second-order valence-corrected chi connectivity index (χ2v) is 37.1. The topological polar surface area (TPSA) is 618 Å². The summed E-state index contributed by atoms with van der Waals surface area (Å²) in [4.78, 5) is 66.6. The first-order chi connectivity index (χ1) is 61.7. The Morgan fingerprint density at radius 1 is 0.333 bits per heavy atom. The summed E-state index contributed by atoms with van der Waals surface area (Å²) in [6, 6.07) is 50.5. The Labute approximate surface area is 791 Å². The van der Waals surface area contributed by atoms with Gasteiger partial charge in [0.05, 0.1) is 59.3 Å². The fourth-order valence-electron chi connectivity index (χ4n) is 11.1. The molecule has 0 aromatic heterocycles. The molecule has 8 aromatic carbocycles. The number of fused-ring (bicyclic) bond motifs is 2. The molecule has 756 valence electrons. The first kappa shape index (κ1) is 121. The summed E-state index contributed by atoms with van der Waals surface area (Å²) in [6.07, 6.45) is 0.272. The average molecular weight is 2080 g/mol. The van der Waals surface area contributed by atoms with E-state index in [2.05, 4.69) is 10.6 Å². The average Bonchev–Trinajstić information content (AvgIpc) is 1.62. The number of halogens is 8. The van der Waals surface area contributed by atoms with E-state index in [1.54, 1.807) is 107 Å². The molecule has 0 aliphatic carbocycles. The standard InChI is InChI=1S/C15H13F2NO5S.C15H15NO5S.C14H16F2O6S.2C12H13F2NO6S.C11H13NO6S.6CH3/c16-15(17,24(20,21)22)14(19)18-7-9-1-2-11-6-12(13-8-23-13)4-3-10(11)5-9;17-15(9-22(18,19)20)16-7-10-5-11-3-1-2-4-12(11)13(6-10)14-8-21-14;15-14(16,23(18,19)20)13(17)3-1-2-8-21-11-6-4-10(5-7-11)12-9-22-12;2*13-12(14,22(17,18)19)11(16)15-5-6-20-9-3-1-8(2-4-9)10-7-21-10;13-11(6-19(14,15)16)12-7-18-9-3-1-8(2-4-9)10-5-17-10;;;;;;/h1-6,13H,7-8H2,(H,18,19)(H,20,21,22);1-6,14H,7-9H2,(H,16,17)(H,18,19,20);4-7,12H,1-3,8-9H2,(H,18,19,20);2*1-4,10H,5-7H2,(H,15,16)(H,17,18,19);1-4,10H,5-7H2,(H,12,13)(H,14,15,16);6*1H3/q;;;;;;6*+1/p-6. The number of Topliss-reactive ketones (excluding diaryl/α,β-unsaturated/α-hetero) is 1. The minimum absolute atomic E-state index is 0. The van der Waals surface area contributed by atoms with Crippen molar-refractivity contribution in [2.75, 3.05) is 90.8 Å². The van der Waals surface area contributed by atoms with Crippen LogP contribution < -0.4 is 45.5 Å². The highest BCUT2D eigenvalue weighted by Gasteiger charge is 2.49. The van der Waals surface area contributed by atoms with E-state index >= 15 is 0 Å². The van der Waals surface area contributed by atoms with E-state index in [4.69, 9.17) is 47.4 Å². The highest BCUT2D eigenvalue weighted by atomic mass is 32.2. The maximum absolute atomic E-state index is 13.1. The Morgan fingerprint density at radius 3 is 1.03 bits per heavy atom. The fourth-order valence-corrected chi connectivity index (χ4v) is 13.3. The number of unbranched alkanes of at least 4 members (excludes halogenated alkanes) is 1. The summed E-state index contributed by atoms with van der Waals surface area (Å²) < 4.78 is 341. The lowest BCUT2D eigenvalue weighted by atomic mass is 9.99. The lowest BCUT2D eigenvalue weighted by Crippen LogP contribution is -2.46. The van der Waals surface area contributed by atoms with E-state index in [0.717, 1.165) is 67.1 Å². The third kappa shape index (κ3) is 37.9. The van der Waals surface area contributed by atoms with Gasteiger partial charge in [-0.05, 0) is 146 Å². The Balaban J connectivity index is 0.000000423. The maximum atomic E-state index is 13.1. The van der Waals surface area contributed by atoms with Crippen molar-refractivity contribution in [1.29, 1.82) is 0 Å². The summed E-state index contributed by atoms with van der Waals surface area (Å²) in [5.74, 6) is -10.2. The normalized spacial score (nSPS) is 17.0. The number of ketones is 1. The number of hydrogen-bond donors (Lipinski definition) is 5. The molecule has 0 bridgehead atoms. The Morgan fingerprint density at radius 2 is 0.652 bits per heavy atom. The van der Waals surface area contributed by atoms with E-state index in [1.807, 2.05) is 78.9 Å². The third-order valence-electron chi connectivity index (χ3n) is 18.4. The quantitative estimate of drug-likeness (QED) is 0.00608. The lowest BCUT2D eigenvalue weighted by Gasteiger charge is -2.19. The number of carbonyl (C=O) groups excluding carboxylic acids is 6. The number of benzene rings is 8. The van der Waals surface area contributed by atoms with Crippen LogP contribution >= 0.6 is 0 Å². The third-order valence-corrected chi connectivity index (χ3v) is 23.0. The van der Waals surface area contributed by atoms with Crippen molar-refractivity contribution in [3.8, 4) is 23.0 Å². The van der Waals surface area contributed by atoms with E-state index in [0.29, 0.717) is 61.6 Å². The van der Waals surface area contributed by atoms with Crippen LogP contribution in [0.5, 0.6) is 23.0 Å². The molecule has 6 aliphatic rings. The van der Waals surface area contributed by atoms with Gasteiger partial charge in [-0.1, -0.05) is 103 Å². The van der Waals surface area contributed by atoms with Crippen LogP contribution in [0.2, 0.25) is 0 Å². The van der Waals surface area contributed by atoms with Crippen molar-refractivity contribution in [3.05, 3.63) is 259 Å². The van der Waals surface area contributed by atoms with Gasteiger partial charge in [-0.3, -0.25) is 28.8 Å². The summed E-state index contributed by atoms with van der Waals surface area (Å²) >= 11 is 0. The van der Waals surface area contributed by atoms with Gasteiger partial charge in [0, 0.05) is 64.1 Å². The monoisotopic (exact) mass is 2070 g/mol. The molecule has 5 amide bonds. The van der Waals surface area contributed by atoms with Gasteiger partial charge in [0.25, 0.3) is 0 Å². The van der Waals surface area contributed by atoms with Crippen molar-refractivity contribution in [2.45, 2.75) is 90.0 Å².